The van der Waals surface area contributed by atoms with Gasteiger partial charge in [0.1, 0.15) is 0 Å². The Bertz CT molecular complexity index is 615. The molecular weight excluding hydrogens is 298 g/mol. The van der Waals surface area contributed by atoms with Gasteiger partial charge >= 0.3 is 0 Å². The van der Waals surface area contributed by atoms with E-state index in [2.05, 4.69) is 46.7 Å². The molecule has 24 heavy (non-hydrogen) atoms. The smallest absolute Gasteiger partial charge is 0.0839 e. The first-order valence-corrected chi connectivity index (χ1v) is 8.70. The number of anilines is 1. The maximum absolute atomic E-state index is 10.4. The predicted molar refractivity (Wildman–Crippen MR) is 99.3 cm³/mol. The Kier molecular flexibility index (Phi) is 5.86. The van der Waals surface area contributed by atoms with E-state index in [4.69, 9.17) is 0 Å². The molecule has 3 rings (SSSR count). The highest BCUT2D eigenvalue weighted by Gasteiger charge is 2.25. The first-order chi connectivity index (χ1) is 11.7. The van der Waals surface area contributed by atoms with Crippen molar-refractivity contribution in [3.63, 3.8) is 0 Å². The number of aliphatic hydroxyl groups is 1. The molecule has 0 radical (unpaired) electrons. The number of β-amino-alcohol motifs (C(OH)–C–C–N with tert-alkyl or cyclic N) is 1. The molecule has 2 atom stereocenters. The van der Waals surface area contributed by atoms with E-state index in [1.54, 1.807) is 0 Å². The molecule has 1 heterocycles. The quantitative estimate of drug-likeness (QED) is 0.763. The summed E-state index contributed by atoms with van der Waals surface area (Å²) in [6.45, 7) is 6.22. The minimum Gasteiger partial charge on any atom is -0.390 e. The molecule has 0 aromatic heterocycles. The lowest BCUT2D eigenvalue weighted by Crippen LogP contribution is -2.49. The molecule has 0 saturated carbocycles. The summed E-state index contributed by atoms with van der Waals surface area (Å²) in [5.41, 5.74) is 3.64. The second kappa shape index (κ2) is 8.29. The fourth-order valence-corrected chi connectivity index (χ4v) is 3.21. The molecule has 2 aromatic carbocycles. The van der Waals surface area contributed by atoms with Crippen LogP contribution in [-0.4, -0.2) is 48.8 Å². The molecule has 1 aliphatic rings. The van der Waals surface area contributed by atoms with Gasteiger partial charge in [0.05, 0.1) is 6.10 Å². The van der Waals surface area contributed by atoms with Crippen LogP contribution in [0.25, 0.3) is 0 Å². The number of aliphatic hydroxyl groups excluding tert-OH is 1. The first kappa shape index (κ1) is 17.0. The average molecular weight is 325 g/mol. The maximum atomic E-state index is 10.4. The Balaban J connectivity index is 1.58. The van der Waals surface area contributed by atoms with Crippen LogP contribution in [0.4, 0.5) is 5.69 Å². The Morgan fingerprint density at radius 3 is 2.67 bits per heavy atom. The Morgan fingerprint density at radius 2 is 1.92 bits per heavy atom. The van der Waals surface area contributed by atoms with Gasteiger partial charge in [0, 0.05) is 44.5 Å². The highest BCUT2D eigenvalue weighted by molar-refractivity contribution is 5.42. The van der Waals surface area contributed by atoms with Crippen LogP contribution >= 0.6 is 0 Å². The molecule has 0 amide bonds. The number of hydrogen-bond donors (Lipinski definition) is 3. The van der Waals surface area contributed by atoms with E-state index in [1.807, 2.05) is 30.3 Å². The number of nitrogens with zero attached hydrogens (tertiary/aromatic N) is 1. The van der Waals surface area contributed by atoms with Gasteiger partial charge in [0.15, 0.2) is 0 Å². The molecular formula is C20H27N3O. The summed E-state index contributed by atoms with van der Waals surface area (Å²) in [6.07, 6.45) is -0.392. The standard InChI is InChI=1S/C20H27N3O/c1-16-7-9-17(10-8-16)20-14-21-11-12-23(20)15-19(24)13-22-18-5-3-2-4-6-18/h2-10,19-22,24H,11-15H2,1H3. The number of para-hydroxylation sites is 1. The lowest BCUT2D eigenvalue weighted by molar-refractivity contribution is 0.0801. The Morgan fingerprint density at radius 1 is 1.17 bits per heavy atom. The third-order valence-corrected chi connectivity index (χ3v) is 4.58. The van der Waals surface area contributed by atoms with E-state index in [0.29, 0.717) is 19.1 Å². The van der Waals surface area contributed by atoms with Crippen LogP contribution in [0.15, 0.2) is 54.6 Å². The van der Waals surface area contributed by atoms with E-state index < -0.39 is 6.10 Å². The van der Waals surface area contributed by atoms with Gasteiger partial charge in [0.25, 0.3) is 0 Å². The number of aryl methyl sites for hydroxylation is 1. The van der Waals surface area contributed by atoms with Crippen LogP contribution < -0.4 is 10.6 Å². The van der Waals surface area contributed by atoms with Crippen LogP contribution in [-0.2, 0) is 0 Å². The van der Waals surface area contributed by atoms with Gasteiger partial charge in [-0.25, -0.2) is 0 Å². The second-order valence-corrected chi connectivity index (χ2v) is 6.53. The van der Waals surface area contributed by atoms with Gasteiger partial charge in [-0.3, -0.25) is 4.90 Å². The number of rotatable bonds is 6. The molecule has 1 fully saturated rings. The molecule has 0 bridgehead atoms. The lowest BCUT2D eigenvalue weighted by Gasteiger charge is -2.37. The van der Waals surface area contributed by atoms with E-state index >= 15 is 0 Å². The summed E-state index contributed by atoms with van der Waals surface area (Å²) in [5.74, 6) is 0. The zero-order chi connectivity index (χ0) is 16.8. The van der Waals surface area contributed by atoms with Crippen molar-refractivity contribution in [1.29, 1.82) is 0 Å². The Labute approximate surface area is 144 Å². The van der Waals surface area contributed by atoms with Gasteiger partial charge in [0.2, 0.25) is 0 Å². The average Bonchev–Trinajstić information content (AvgIpc) is 2.62. The van der Waals surface area contributed by atoms with Crippen molar-refractivity contribution in [3.8, 4) is 0 Å². The number of piperazine rings is 1. The third kappa shape index (κ3) is 4.57. The number of benzene rings is 2. The fraction of sp³-hybridized carbons (Fsp3) is 0.400. The number of nitrogens with one attached hydrogen (secondary N) is 2. The summed E-state index contributed by atoms with van der Waals surface area (Å²) in [7, 11) is 0. The van der Waals surface area contributed by atoms with Gasteiger partial charge < -0.3 is 15.7 Å². The monoisotopic (exact) mass is 325 g/mol. The predicted octanol–water partition coefficient (Wildman–Crippen LogP) is 2.41. The molecule has 1 aliphatic heterocycles. The Hall–Kier alpha value is -1.88. The van der Waals surface area contributed by atoms with E-state index in [1.165, 1.54) is 11.1 Å². The van der Waals surface area contributed by atoms with E-state index in [0.717, 1.165) is 25.3 Å². The molecule has 0 aliphatic carbocycles. The zero-order valence-corrected chi connectivity index (χ0v) is 14.3. The largest absolute Gasteiger partial charge is 0.390 e. The van der Waals surface area contributed by atoms with Crippen molar-refractivity contribution in [2.75, 3.05) is 38.0 Å². The summed E-state index contributed by atoms with van der Waals surface area (Å²) < 4.78 is 0. The van der Waals surface area contributed by atoms with Crippen molar-refractivity contribution in [1.82, 2.24) is 10.2 Å². The van der Waals surface area contributed by atoms with Crippen LogP contribution in [0, 0.1) is 6.92 Å². The fourth-order valence-electron chi connectivity index (χ4n) is 3.21. The van der Waals surface area contributed by atoms with Crippen molar-refractivity contribution >= 4 is 5.69 Å². The van der Waals surface area contributed by atoms with Crippen LogP contribution in [0.3, 0.4) is 0 Å². The topological polar surface area (TPSA) is 47.5 Å². The van der Waals surface area contributed by atoms with Crippen molar-refractivity contribution in [2.24, 2.45) is 0 Å². The molecule has 4 nitrogen and oxygen atoms in total. The molecule has 3 N–H and O–H groups in total. The molecule has 2 aromatic rings. The SMILES string of the molecule is Cc1ccc(C2CNCCN2CC(O)CNc2ccccc2)cc1. The molecule has 1 saturated heterocycles. The minimum atomic E-state index is -0.392. The first-order valence-electron chi connectivity index (χ1n) is 8.70. The maximum Gasteiger partial charge on any atom is 0.0839 e. The van der Waals surface area contributed by atoms with Gasteiger partial charge in [-0.05, 0) is 24.6 Å². The van der Waals surface area contributed by atoms with Gasteiger partial charge in [-0.15, -0.1) is 0 Å². The third-order valence-electron chi connectivity index (χ3n) is 4.58. The highest BCUT2D eigenvalue weighted by Crippen LogP contribution is 2.22. The lowest BCUT2D eigenvalue weighted by atomic mass is 10.0. The molecule has 2 unspecified atom stereocenters. The zero-order valence-electron chi connectivity index (χ0n) is 14.3. The summed E-state index contributed by atoms with van der Waals surface area (Å²) in [4.78, 5) is 2.39. The molecule has 128 valence electrons. The van der Waals surface area contributed by atoms with Gasteiger partial charge in [-0.1, -0.05) is 48.0 Å². The van der Waals surface area contributed by atoms with Crippen molar-refractivity contribution in [2.45, 2.75) is 19.1 Å². The van der Waals surface area contributed by atoms with Crippen LogP contribution in [0.2, 0.25) is 0 Å². The van der Waals surface area contributed by atoms with E-state index in [-0.39, 0.29) is 0 Å². The van der Waals surface area contributed by atoms with Crippen LogP contribution in [0.1, 0.15) is 17.2 Å². The summed E-state index contributed by atoms with van der Waals surface area (Å²) in [5, 5.41) is 17.2. The molecule has 0 spiro atoms. The second-order valence-electron chi connectivity index (χ2n) is 6.53. The van der Waals surface area contributed by atoms with Crippen molar-refractivity contribution < 1.29 is 5.11 Å². The summed E-state index contributed by atoms with van der Waals surface area (Å²) in [6, 6.07) is 19.1. The normalized spacial score (nSPS) is 19.8. The van der Waals surface area contributed by atoms with Gasteiger partial charge in [-0.2, -0.15) is 0 Å². The minimum absolute atomic E-state index is 0.325. The number of hydrogen-bond acceptors (Lipinski definition) is 4. The highest BCUT2D eigenvalue weighted by atomic mass is 16.3. The van der Waals surface area contributed by atoms with Crippen molar-refractivity contribution in [3.05, 3.63) is 65.7 Å². The van der Waals surface area contributed by atoms with E-state index in [9.17, 15) is 5.11 Å². The summed E-state index contributed by atoms with van der Waals surface area (Å²) >= 11 is 0. The van der Waals surface area contributed by atoms with Crippen LogP contribution in [0.5, 0.6) is 0 Å². The molecule has 4 heteroatoms.